The van der Waals surface area contributed by atoms with E-state index >= 15 is 0 Å². The van der Waals surface area contributed by atoms with Crippen LogP contribution in [-0.2, 0) is 13.1 Å². The van der Waals surface area contributed by atoms with Crippen molar-refractivity contribution in [3.63, 3.8) is 0 Å². The third-order valence-electron chi connectivity index (χ3n) is 5.45. The van der Waals surface area contributed by atoms with E-state index in [0.717, 1.165) is 19.5 Å². The lowest BCUT2D eigenvalue weighted by Gasteiger charge is -2.45. The van der Waals surface area contributed by atoms with Crippen molar-refractivity contribution in [2.24, 2.45) is 0 Å². The van der Waals surface area contributed by atoms with E-state index in [0.29, 0.717) is 12.1 Å². The quantitative estimate of drug-likeness (QED) is 0.808. The van der Waals surface area contributed by atoms with Gasteiger partial charge in [0, 0.05) is 36.9 Å². The van der Waals surface area contributed by atoms with Crippen LogP contribution in [0.1, 0.15) is 50.2 Å². The number of rotatable bonds is 5. The van der Waals surface area contributed by atoms with Crippen LogP contribution in [0.3, 0.4) is 0 Å². The average molecular weight is 321 g/mol. The van der Waals surface area contributed by atoms with E-state index in [-0.39, 0.29) is 0 Å². The van der Waals surface area contributed by atoms with Crippen molar-refractivity contribution in [1.82, 2.24) is 14.7 Å². The van der Waals surface area contributed by atoms with Crippen LogP contribution >= 0.6 is 0 Å². The largest absolute Gasteiger partial charge is 0.289 e. The highest BCUT2D eigenvalue weighted by molar-refractivity contribution is 5.66. The lowest BCUT2D eigenvalue weighted by Crippen LogP contribution is -2.47. The van der Waals surface area contributed by atoms with E-state index in [4.69, 9.17) is 0 Å². The average Bonchev–Trinajstić information content (AvgIpc) is 3.04. The summed E-state index contributed by atoms with van der Waals surface area (Å²) in [5.41, 5.74) is 4.28. The first-order valence-electron chi connectivity index (χ1n) is 9.36. The van der Waals surface area contributed by atoms with Gasteiger partial charge in [0.15, 0.2) is 0 Å². The SMILES string of the molecule is CCCn1cc(C2=CC3CCCC(C2)N3Cc2ccccc2)cn1. The van der Waals surface area contributed by atoms with E-state index < -0.39 is 0 Å². The van der Waals surface area contributed by atoms with E-state index in [1.165, 1.54) is 42.4 Å². The molecule has 0 amide bonds. The normalized spacial score (nSPS) is 24.0. The van der Waals surface area contributed by atoms with Gasteiger partial charge in [-0.05, 0) is 36.8 Å². The third-order valence-corrected chi connectivity index (χ3v) is 5.45. The zero-order valence-corrected chi connectivity index (χ0v) is 14.6. The van der Waals surface area contributed by atoms with Gasteiger partial charge in [-0.15, -0.1) is 0 Å². The molecular weight excluding hydrogens is 294 g/mol. The van der Waals surface area contributed by atoms with Gasteiger partial charge in [0.05, 0.1) is 6.20 Å². The minimum atomic E-state index is 0.585. The van der Waals surface area contributed by atoms with Crippen molar-refractivity contribution in [2.45, 2.75) is 64.2 Å². The Balaban J connectivity index is 1.55. The van der Waals surface area contributed by atoms with Crippen molar-refractivity contribution in [1.29, 1.82) is 0 Å². The molecule has 1 aromatic carbocycles. The highest BCUT2D eigenvalue weighted by atomic mass is 15.3. The molecule has 24 heavy (non-hydrogen) atoms. The molecule has 1 fully saturated rings. The van der Waals surface area contributed by atoms with Gasteiger partial charge in [-0.3, -0.25) is 9.58 Å². The molecule has 1 saturated heterocycles. The van der Waals surface area contributed by atoms with Crippen molar-refractivity contribution in [2.75, 3.05) is 0 Å². The Morgan fingerprint density at radius 3 is 2.83 bits per heavy atom. The molecule has 2 bridgehead atoms. The maximum atomic E-state index is 4.52. The molecule has 2 unspecified atom stereocenters. The predicted molar refractivity (Wildman–Crippen MR) is 98.5 cm³/mol. The zero-order chi connectivity index (χ0) is 16.4. The standard InChI is InChI=1S/C21H27N3/c1-2-11-23-16-19(14-22-23)18-12-20-9-6-10-21(13-18)24(20)15-17-7-4-3-5-8-17/h3-5,7-8,12,14,16,20-21H,2,6,9-11,13,15H2,1H3. The van der Waals surface area contributed by atoms with Gasteiger partial charge in [0.25, 0.3) is 0 Å². The first-order valence-corrected chi connectivity index (χ1v) is 9.36. The number of nitrogens with zero attached hydrogens (tertiary/aromatic N) is 3. The van der Waals surface area contributed by atoms with E-state index in [2.05, 4.69) is 70.4 Å². The van der Waals surface area contributed by atoms with Crippen molar-refractivity contribution < 1.29 is 0 Å². The minimum Gasteiger partial charge on any atom is -0.289 e. The molecule has 3 heterocycles. The lowest BCUT2D eigenvalue weighted by atomic mass is 9.83. The molecule has 0 saturated carbocycles. The van der Waals surface area contributed by atoms with Gasteiger partial charge in [0.2, 0.25) is 0 Å². The molecule has 4 rings (SSSR count). The van der Waals surface area contributed by atoms with E-state index in [1.807, 2.05) is 0 Å². The summed E-state index contributed by atoms with van der Waals surface area (Å²) in [6, 6.07) is 12.2. The summed E-state index contributed by atoms with van der Waals surface area (Å²) in [5.74, 6) is 0. The van der Waals surface area contributed by atoms with Gasteiger partial charge in [-0.1, -0.05) is 49.8 Å². The number of piperidine rings is 1. The van der Waals surface area contributed by atoms with Crippen LogP contribution in [-0.4, -0.2) is 26.8 Å². The van der Waals surface area contributed by atoms with Crippen LogP contribution < -0.4 is 0 Å². The van der Waals surface area contributed by atoms with E-state index in [1.54, 1.807) is 0 Å². The first kappa shape index (κ1) is 15.6. The second-order valence-corrected chi connectivity index (χ2v) is 7.20. The number of fused-ring (bicyclic) bond motifs is 2. The zero-order valence-electron chi connectivity index (χ0n) is 14.6. The maximum Gasteiger partial charge on any atom is 0.0564 e. The fourth-order valence-electron chi connectivity index (χ4n) is 4.25. The number of hydrogen-bond donors (Lipinski definition) is 0. The molecule has 0 N–H and O–H groups in total. The topological polar surface area (TPSA) is 21.1 Å². The third kappa shape index (κ3) is 3.18. The number of hydrogen-bond acceptors (Lipinski definition) is 2. The maximum absolute atomic E-state index is 4.52. The summed E-state index contributed by atoms with van der Waals surface area (Å²) < 4.78 is 2.09. The summed E-state index contributed by atoms with van der Waals surface area (Å²) in [6.45, 7) is 4.29. The molecule has 2 aromatic rings. The van der Waals surface area contributed by atoms with Gasteiger partial charge < -0.3 is 0 Å². The predicted octanol–water partition coefficient (Wildman–Crippen LogP) is 4.50. The van der Waals surface area contributed by atoms with Gasteiger partial charge >= 0.3 is 0 Å². The number of aromatic nitrogens is 2. The molecule has 3 nitrogen and oxygen atoms in total. The smallest absolute Gasteiger partial charge is 0.0564 e. The van der Waals surface area contributed by atoms with Gasteiger partial charge in [-0.2, -0.15) is 5.10 Å². The Hall–Kier alpha value is -1.87. The molecule has 2 aliphatic rings. The molecular formula is C21H27N3. The lowest BCUT2D eigenvalue weighted by molar-refractivity contribution is 0.0951. The molecule has 1 aromatic heterocycles. The van der Waals surface area contributed by atoms with Crippen molar-refractivity contribution >= 4 is 5.57 Å². The highest BCUT2D eigenvalue weighted by Crippen LogP contribution is 2.37. The fourth-order valence-corrected chi connectivity index (χ4v) is 4.25. The summed E-state index contributed by atoms with van der Waals surface area (Å²) in [6.07, 6.45) is 13.1. The fraction of sp³-hybridized carbons (Fsp3) is 0.476. The van der Waals surface area contributed by atoms with Gasteiger partial charge in [-0.25, -0.2) is 0 Å². The Labute approximate surface area is 145 Å². The molecule has 0 radical (unpaired) electrons. The Morgan fingerprint density at radius 1 is 1.17 bits per heavy atom. The Morgan fingerprint density at radius 2 is 2.04 bits per heavy atom. The molecule has 2 atom stereocenters. The van der Waals surface area contributed by atoms with Gasteiger partial charge in [0.1, 0.15) is 0 Å². The number of benzene rings is 1. The number of aryl methyl sites for hydroxylation is 1. The first-order chi connectivity index (χ1) is 11.8. The van der Waals surface area contributed by atoms with Crippen LogP contribution in [0.2, 0.25) is 0 Å². The van der Waals surface area contributed by atoms with Crippen molar-refractivity contribution in [3.8, 4) is 0 Å². The molecule has 0 spiro atoms. The molecule has 126 valence electrons. The second kappa shape index (κ2) is 6.94. The summed E-state index contributed by atoms with van der Waals surface area (Å²) >= 11 is 0. The summed E-state index contributed by atoms with van der Waals surface area (Å²) in [7, 11) is 0. The van der Waals surface area contributed by atoms with E-state index in [9.17, 15) is 0 Å². The molecule has 0 aliphatic carbocycles. The molecule has 3 heteroatoms. The van der Waals surface area contributed by atoms with Crippen molar-refractivity contribution in [3.05, 3.63) is 59.9 Å². The second-order valence-electron chi connectivity index (χ2n) is 7.20. The Bertz CT molecular complexity index is 701. The highest BCUT2D eigenvalue weighted by Gasteiger charge is 2.34. The van der Waals surface area contributed by atoms with Crippen LogP contribution in [0.25, 0.3) is 5.57 Å². The summed E-state index contributed by atoms with van der Waals surface area (Å²) in [5, 5.41) is 4.52. The summed E-state index contributed by atoms with van der Waals surface area (Å²) in [4.78, 5) is 2.72. The molecule has 2 aliphatic heterocycles. The Kier molecular flexibility index (Phi) is 4.52. The van der Waals surface area contributed by atoms with Crippen LogP contribution in [0, 0.1) is 0 Å². The monoisotopic (exact) mass is 321 g/mol. The minimum absolute atomic E-state index is 0.585. The van der Waals surface area contributed by atoms with Crippen LogP contribution in [0.5, 0.6) is 0 Å². The van der Waals surface area contributed by atoms with Crippen LogP contribution in [0.15, 0.2) is 48.8 Å². The van der Waals surface area contributed by atoms with Crippen LogP contribution in [0.4, 0.5) is 0 Å².